The molecule has 0 amide bonds. The molecule has 2 nitrogen and oxygen atoms in total. The van der Waals surface area contributed by atoms with Gasteiger partial charge >= 0.3 is 0 Å². The second kappa shape index (κ2) is 5.90. The fourth-order valence-electron chi connectivity index (χ4n) is 1.84. The van der Waals surface area contributed by atoms with Crippen molar-refractivity contribution in [3.63, 3.8) is 0 Å². The van der Waals surface area contributed by atoms with Crippen LogP contribution in [0.25, 0.3) is 11.1 Å². The first kappa shape index (κ1) is 15.6. The quantitative estimate of drug-likeness (QED) is 0.709. The van der Waals surface area contributed by atoms with Crippen molar-refractivity contribution >= 4 is 46.4 Å². The molecular weight excluding hydrogens is 342 g/mol. The van der Waals surface area contributed by atoms with Crippen molar-refractivity contribution in [2.24, 2.45) is 0 Å². The summed E-state index contributed by atoms with van der Waals surface area (Å²) in [6.45, 7) is 0. The summed E-state index contributed by atoms with van der Waals surface area (Å²) < 4.78 is -1.71. The van der Waals surface area contributed by atoms with Crippen LogP contribution < -0.4 is 0 Å². The van der Waals surface area contributed by atoms with Crippen molar-refractivity contribution in [3.8, 4) is 22.6 Å². The third-order valence-corrected chi connectivity index (χ3v) is 4.33. The smallest absolute Gasteiger partial charge is 0.210 e. The van der Waals surface area contributed by atoms with E-state index in [0.29, 0.717) is 11.1 Å². The normalized spacial score (nSPS) is 13.2. The van der Waals surface area contributed by atoms with E-state index in [4.69, 9.17) is 46.4 Å². The van der Waals surface area contributed by atoms with E-state index in [1.54, 1.807) is 30.3 Å². The average Bonchev–Trinajstić information content (AvgIpc) is 2.38. The molecule has 2 N–H and O–H groups in total. The second-order valence-electron chi connectivity index (χ2n) is 4.22. The molecule has 0 fully saturated rings. The van der Waals surface area contributed by atoms with E-state index in [1.807, 2.05) is 0 Å². The summed E-state index contributed by atoms with van der Waals surface area (Å²) in [6.07, 6.45) is 0. The van der Waals surface area contributed by atoms with Gasteiger partial charge in [0.05, 0.1) is 0 Å². The average molecular weight is 352 g/mol. The minimum atomic E-state index is -1.71. The van der Waals surface area contributed by atoms with Gasteiger partial charge in [-0.05, 0) is 41.0 Å². The molecule has 0 bridgehead atoms. The van der Waals surface area contributed by atoms with Crippen molar-refractivity contribution in [2.45, 2.75) is 9.17 Å². The van der Waals surface area contributed by atoms with Gasteiger partial charge in [0, 0.05) is 0 Å². The number of aromatic hydroxyl groups is 2. The summed E-state index contributed by atoms with van der Waals surface area (Å²) in [5, 5.41) is 18.0. The molecule has 0 saturated carbocycles. The van der Waals surface area contributed by atoms with E-state index in [9.17, 15) is 10.2 Å². The number of alkyl halides is 4. The second-order valence-corrected chi connectivity index (χ2v) is 7.03. The van der Waals surface area contributed by atoms with Crippen LogP contribution in [0.15, 0.2) is 42.5 Å². The zero-order valence-electron chi connectivity index (χ0n) is 10.0. The van der Waals surface area contributed by atoms with Gasteiger partial charge in [-0.2, -0.15) is 0 Å². The summed E-state index contributed by atoms with van der Waals surface area (Å²) in [5.41, 5.74) is 2.00. The molecule has 2 aromatic rings. The minimum absolute atomic E-state index is 0.0300. The lowest BCUT2D eigenvalue weighted by Crippen LogP contribution is -2.12. The van der Waals surface area contributed by atoms with Crippen molar-refractivity contribution < 1.29 is 10.2 Å². The van der Waals surface area contributed by atoms with Crippen molar-refractivity contribution in [1.82, 2.24) is 0 Å². The van der Waals surface area contributed by atoms with Gasteiger partial charge in [0.15, 0.2) is 0 Å². The highest BCUT2D eigenvalue weighted by Crippen LogP contribution is 2.47. The number of rotatable bonds is 2. The fraction of sp³-hybridized carbons (Fsp3) is 0.143. The van der Waals surface area contributed by atoms with Crippen LogP contribution in [0.2, 0.25) is 0 Å². The Morgan fingerprint density at radius 1 is 0.850 bits per heavy atom. The van der Waals surface area contributed by atoms with E-state index in [0.717, 1.165) is 5.56 Å². The SMILES string of the molecule is Oc1ccc(-c2ccc(O)cc2C(Cl)C(Cl)(Cl)Cl)cc1. The zero-order valence-corrected chi connectivity index (χ0v) is 13.0. The van der Waals surface area contributed by atoms with Crippen LogP contribution in [-0.4, -0.2) is 14.0 Å². The number of benzene rings is 2. The van der Waals surface area contributed by atoms with E-state index < -0.39 is 9.17 Å². The Balaban J connectivity index is 2.56. The summed E-state index contributed by atoms with van der Waals surface area (Å²) in [4.78, 5) is 0. The van der Waals surface area contributed by atoms with E-state index >= 15 is 0 Å². The number of hydrogen-bond donors (Lipinski definition) is 2. The molecule has 20 heavy (non-hydrogen) atoms. The first-order valence-electron chi connectivity index (χ1n) is 5.62. The Hall–Kier alpha value is -0.800. The predicted octanol–water partition coefficient (Wildman–Crippen LogP) is 5.41. The van der Waals surface area contributed by atoms with Gasteiger partial charge in [-0.1, -0.05) is 53.0 Å². The van der Waals surface area contributed by atoms with Crippen molar-refractivity contribution in [2.75, 3.05) is 0 Å². The van der Waals surface area contributed by atoms with Crippen LogP contribution in [0, 0.1) is 0 Å². The van der Waals surface area contributed by atoms with Crippen molar-refractivity contribution in [1.29, 1.82) is 0 Å². The van der Waals surface area contributed by atoms with E-state index in [1.165, 1.54) is 12.1 Å². The van der Waals surface area contributed by atoms with Gasteiger partial charge < -0.3 is 10.2 Å². The molecule has 0 aliphatic rings. The maximum atomic E-state index is 9.62. The molecule has 1 unspecified atom stereocenters. The monoisotopic (exact) mass is 350 g/mol. The molecule has 2 rings (SSSR count). The summed E-state index contributed by atoms with van der Waals surface area (Å²) in [5.74, 6) is 0.181. The molecule has 2 aromatic carbocycles. The summed E-state index contributed by atoms with van der Waals surface area (Å²) >= 11 is 23.7. The molecular formula is C14H10Cl4O2. The molecule has 0 radical (unpaired) electrons. The highest BCUT2D eigenvalue weighted by molar-refractivity contribution is 6.70. The molecule has 0 spiro atoms. The minimum Gasteiger partial charge on any atom is -0.508 e. The molecule has 0 aromatic heterocycles. The predicted molar refractivity (Wildman–Crippen MR) is 84.1 cm³/mol. The Labute approximate surface area is 136 Å². The summed E-state index contributed by atoms with van der Waals surface area (Å²) in [6, 6.07) is 11.2. The van der Waals surface area contributed by atoms with Crippen LogP contribution in [0.1, 0.15) is 10.9 Å². The maximum Gasteiger partial charge on any atom is 0.210 e. The molecule has 106 valence electrons. The third kappa shape index (κ3) is 3.44. The van der Waals surface area contributed by atoms with E-state index in [-0.39, 0.29) is 11.5 Å². The Kier molecular flexibility index (Phi) is 4.60. The molecule has 0 aliphatic carbocycles. The lowest BCUT2D eigenvalue weighted by molar-refractivity contribution is 0.474. The summed E-state index contributed by atoms with van der Waals surface area (Å²) in [7, 11) is 0. The standard InChI is InChI=1S/C14H10Cl4O2/c15-13(14(16,17)18)12-7-10(20)5-6-11(12)8-1-3-9(19)4-2-8/h1-7,13,19-20H. The Morgan fingerprint density at radius 2 is 1.40 bits per heavy atom. The Bertz CT molecular complexity index is 606. The van der Waals surface area contributed by atoms with Gasteiger partial charge in [-0.3, -0.25) is 0 Å². The van der Waals surface area contributed by atoms with Crippen LogP contribution >= 0.6 is 46.4 Å². The van der Waals surface area contributed by atoms with Crippen LogP contribution in [0.4, 0.5) is 0 Å². The Morgan fingerprint density at radius 3 is 1.95 bits per heavy atom. The maximum absolute atomic E-state index is 9.62. The molecule has 0 saturated heterocycles. The molecule has 0 aliphatic heterocycles. The lowest BCUT2D eigenvalue weighted by atomic mass is 9.97. The van der Waals surface area contributed by atoms with Crippen molar-refractivity contribution in [3.05, 3.63) is 48.0 Å². The van der Waals surface area contributed by atoms with Crippen LogP contribution in [-0.2, 0) is 0 Å². The van der Waals surface area contributed by atoms with Gasteiger partial charge in [0.1, 0.15) is 16.9 Å². The molecule has 6 heteroatoms. The highest BCUT2D eigenvalue weighted by atomic mass is 35.6. The third-order valence-electron chi connectivity index (χ3n) is 2.77. The highest BCUT2D eigenvalue weighted by Gasteiger charge is 2.34. The first-order valence-corrected chi connectivity index (χ1v) is 7.19. The van der Waals surface area contributed by atoms with Gasteiger partial charge in [0.2, 0.25) is 3.79 Å². The number of phenols is 2. The number of hydrogen-bond acceptors (Lipinski definition) is 2. The van der Waals surface area contributed by atoms with Crippen LogP contribution in [0.5, 0.6) is 11.5 Å². The van der Waals surface area contributed by atoms with E-state index in [2.05, 4.69) is 0 Å². The topological polar surface area (TPSA) is 40.5 Å². The number of phenolic OH excluding ortho intramolecular Hbond substituents is 2. The first-order chi connectivity index (χ1) is 9.29. The van der Waals surface area contributed by atoms with Gasteiger partial charge in [-0.25, -0.2) is 0 Å². The molecule has 1 atom stereocenters. The zero-order chi connectivity index (χ0) is 14.9. The van der Waals surface area contributed by atoms with Crippen LogP contribution in [0.3, 0.4) is 0 Å². The molecule has 0 heterocycles. The lowest BCUT2D eigenvalue weighted by Gasteiger charge is -2.21. The van der Waals surface area contributed by atoms with Gasteiger partial charge in [-0.15, -0.1) is 11.6 Å². The number of halogens is 4. The largest absolute Gasteiger partial charge is 0.508 e. The van der Waals surface area contributed by atoms with Gasteiger partial charge in [0.25, 0.3) is 0 Å². The fourth-order valence-corrected chi connectivity index (χ4v) is 2.37.